The Kier molecular flexibility index (Phi) is 10.9. The van der Waals surface area contributed by atoms with Crippen LogP contribution in [0.3, 0.4) is 0 Å². The average molecular weight is 692 g/mol. The first-order valence-electron chi connectivity index (χ1n) is 14.7. The summed E-state index contributed by atoms with van der Waals surface area (Å²) in [6.07, 6.45) is 2.96. The Morgan fingerprint density at radius 2 is 1.78 bits per heavy atom. The highest BCUT2D eigenvalue weighted by atomic mass is 32.2. The zero-order chi connectivity index (χ0) is 35.1. The zero-order valence-electron chi connectivity index (χ0n) is 26.1. The summed E-state index contributed by atoms with van der Waals surface area (Å²) < 4.78 is 70.1. The molecule has 5 aromatic rings. The van der Waals surface area contributed by atoms with Crippen LogP contribution < -0.4 is 29.6 Å². The molecule has 13 nitrogen and oxygen atoms in total. The van der Waals surface area contributed by atoms with Crippen molar-refractivity contribution in [1.82, 2.24) is 15.0 Å². The number of aryl methyl sites for hydroxylation is 1. The number of para-hydroxylation sites is 2. The molecule has 0 saturated heterocycles. The largest absolute Gasteiger partial charge is 0.755 e. The maximum Gasteiger partial charge on any atom is 0.410 e. The second-order valence-electron chi connectivity index (χ2n) is 10.5. The first kappa shape index (κ1) is 34.6. The van der Waals surface area contributed by atoms with Gasteiger partial charge in [0.05, 0.1) is 36.4 Å². The van der Waals surface area contributed by atoms with Gasteiger partial charge in [-0.2, -0.15) is 0 Å². The van der Waals surface area contributed by atoms with Crippen LogP contribution in [-0.4, -0.2) is 49.4 Å². The molecule has 5 rings (SSSR count). The average Bonchev–Trinajstić information content (AvgIpc) is 3.06. The monoisotopic (exact) mass is 691 g/mol. The van der Waals surface area contributed by atoms with E-state index in [1.54, 1.807) is 37.3 Å². The van der Waals surface area contributed by atoms with E-state index in [2.05, 4.69) is 20.3 Å². The van der Waals surface area contributed by atoms with Gasteiger partial charge in [0.15, 0.2) is 11.6 Å². The number of anilines is 3. The van der Waals surface area contributed by atoms with Crippen LogP contribution >= 0.6 is 0 Å². The van der Waals surface area contributed by atoms with Gasteiger partial charge in [-0.3, -0.25) is 13.3 Å². The molecule has 2 aromatic heterocycles. The number of amides is 2. The number of halogens is 2. The lowest BCUT2D eigenvalue weighted by Gasteiger charge is -2.28. The summed E-state index contributed by atoms with van der Waals surface area (Å²) >= 11 is -3.05. The molecule has 1 atom stereocenters. The fourth-order valence-corrected chi connectivity index (χ4v) is 5.52. The lowest BCUT2D eigenvalue weighted by molar-refractivity contribution is -0.116. The zero-order valence-corrected chi connectivity index (χ0v) is 27.0. The molecule has 0 aliphatic rings. The molecule has 0 spiro atoms. The molecule has 0 aliphatic heterocycles. The quantitative estimate of drug-likeness (QED) is 0.112. The standard InChI is InChI=1S/C33H30F2N6O7S/c1-19-23-13-20(21-14-27(32(46-2)37-17-21)41(49(44)45)26-11-10-22(34)16-24(26)35)15-29(31(23)39-18-38-19)47-12-6-5-9-30(42)40-25-7-3-4-8-28(25)48-33(36)43/h3-4,7-8,10-11,13-18H,5-6,9,12H2,1-2H3,(H2,36,43)(H,40,42)(H,44,45)/p-1. The van der Waals surface area contributed by atoms with E-state index >= 15 is 0 Å². The first-order chi connectivity index (χ1) is 23.5. The highest BCUT2D eigenvalue weighted by Gasteiger charge is 2.22. The number of carbonyl (C=O) groups is 2. The number of fused-ring (bicyclic) bond motifs is 1. The third-order valence-corrected chi connectivity index (χ3v) is 7.88. The van der Waals surface area contributed by atoms with E-state index in [0.29, 0.717) is 62.4 Å². The van der Waals surface area contributed by atoms with Crippen LogP contribution in [-0.2, 0) is 16.1 Å². The van der Waals surface area contributed by atoms with Crippen LogP contribution in [0, 0.1) is 18.6 Å². The van der Waals surface area contributed by atoms with E-state index in [1.807, 2.05) is 0 Å². The SMILES string of the molecule is COc1ncc(-c2cc(OCCCCC(=O)Nc3ccccc3OC(N)=O)c3ncnc(C)c3c2)cc1N(c1ccc(F)cc1F)S(=O)[O-]. The minimum atomic E-state index is -3.05. The molecule has 0 bridgehead atoms. The minimum absolute atomic E-state index is 0.121. The van der Waals surface area contributed by atoms with Crippen molar-refractivity contribution in [2.45, 2.75) is 26.2 Å². The fraction of sp³-hybridized carbons (Fsp3) is 0.182. The van der Waals surface area contributed by atoms with Gasteiger partial charge in [-0.1, -0.05) is 12.1 Å². The van der Waals surface area contributed by atoms with Gasteiger partial charge in [0, 0.05) is 35.3 Å². The number of nitrogens with one attached hydrogen (secondary N) is 1. The van der Waals surface area contributed by atoms with Crippen molar-refractivity contribution >= 4 is 51.2 Å². The first-order valence-corrected chi connectivity index (χ1v) is 15.7. The van der Waals surface area contributed by atoms with Crippen molar-refractivity contribution < 1.29 is 41.3 Å². The van der Waals surface area contributed by atoms with Crippen LogP contribution in [0.4, 0.5) is 30.6 Å². The Labute approximate surface area is 281 Å². The van der Waals surface area contributed by atoms with Gasteiger partial charge >= 0.3 is 6.09 Å². The number of methoxy groups -OCH3 is 1. The van der Waals surface area contributed by atoms with E-state index in [-0.39, 0.29) is 36.3 Å². The molecule has 2 amide bonds. The number of nitrogens with two attached hydrogens (primary N) is 1. The van der Waals surface area contributed by atoms with Gasteiger partial charge in [0.25, 0.3) is 0 Å². The Bertz CT molecular complexity index is 2050. The third-order valence-electron chi connectivity index (χ3n) is 7.19. The predicted octanol–water partition coefficient (Wildman–Crippen LogP) is 5.86. The summed E-state index contributed by atoms with van der Waals surface area (Å²) in [4.78, 5) is 36.6. The second kappa shape index (κ2) is 15.4. The van der Waals surface area contributed by atoms with Crippen LogP contribution in [0.2, 0.25) is 0 Å². The number of unbranched alkanes of at least 4 members (excludes halogenated alkanes) is 1. The molecule has 0 fully saturated rings. The third kappa shape index (κ3) is 8.22. The smallest absolute Gasteiger partial charge is 0.410 e. The van der Waals surface area contributed by atoms with Crippen molar-refractivity contribution in [3.8, 4) is 28.5 Å². The molecular weight excluding hydrogens is 662 g/mol. The van der Waals surface area contributed by atoms with Gasteiger partial charge in [-0.15, -0.1) is 0 Å². The highest BCUT2D eigenvalue weighted by Crippen LogP contribution is 2.39. The number of benzene rings is 3. The summed E-state index contributed by atoms with van der Waals surface area (Å²) in [5.41, 5.74) is 6.98. The lowest BCUT2D eigenvalue weighted by atomic mass is 10.0. The number of primary amides is 1. The number of hydrogen-bond acceptors (Lipinski definition) is 10. The summed E-state index contributed by atoms with van der Waals surface area (Å²) in [7, 11) is 1.28. The van der Waals surface area contributed by atoms with Crippen molar-refractivity contribution in [1.29, 1.82) is 0 Å². The molecule has 1 unspecified atom stereocenters. The van der Waals surface area contributed by atoms with Gasteiger partial charge in [0.1, 0.15) is 29.1 Å². The Hall–Kier alpha value is -5.74. The van der Waals surface area contributed by atoms with Crippen LogP contribution in [0.5, 0.6) is 17.4 Å². The molecule has 16 heteroatoms. The molecular formula is C33H29F2N6O7S-. The number of nitrogens with zero attached hydrogens (tertiary/aromatic N) is 4. The highest BCUT2D eigenvalue weighted by molar-refractivity contribution is 7.81. The summed E-state index contributed by atoms with van der Waals surface area (Å²) in [5, 5.41) is 3.35. The number of carbonyl (C=O) groups excluding carboxylic acids is 2. The summed E-state index contributed by atoms with van der Waals surface area (Å²) in [6.45, 7) is 2.01. The van der Waals surface area contributed by atoms with E-state index in [0.717, 1.165) is 12.1 Å². The maximum absolute atomic E-state index is 14.8. The predicted molar refractivity (Wildman–Crippen MR) is 176 cm³/mol. The molecule has 0 aliphatic carbocycles. The number of pyridine rings is 1. The van der Waals surface area contributed by atoms with Gasteiger partial charge in [-0.25, -0.2) is 28.5 Å². The second-order valence-corrected chi connectivity index (χ2v) is 11.3. The molecule has 49 heavy (non-hydrogen) atoms. The Balaban J connectivity index is 1.36. The molecule has 0 radical (unpaired) electrons. The van der Waals surface area contributed by atoms with Crippen LogP contribution in [0.15, 0.2) is 73.2 Å². The summed E-state index contributed by atoms with van der Waals surface area (Å²) in [6, 6.07) is 13.8. The van der Waals surface area contributed by atoms with Gasteiger partial charge in [-0.05, 0) is 67.8 Å². The lowest BCUT2D eigenvalue weighted by Crippen LogP contribution is -2.22. The number of rotatable bonds is 13. The maximum atomic E-state index is 14.8. The van der Waals surface area contributed by atoms with E-state index in [9.17, 15) is 27.1 Å². The number of aromatic nitrogens is 3. The van der Waals surface area contributed by atoms with Crippen molar-refractivity contribution in [2.24, 2.45) is 5.73 Å². The van der Waals surface area contributed by atoms with Crippen molar-refractivity contribution in [2.75, 3.05) is 23.3 Å². The van der Waals surface area contributed by atoms with E-state index in [1.165, 1.54) is 31.8 Å². The van der Waals surface area contributed by atoms with Crippen LogP contribution in [0.25, 0.3) is 22.0 Å². The van der Waals surface area contributed by atoms with Gasteiger partial charge < -0.3 is 29.8 Å². The van der Waals surface area contributed by atoms with Crippen molar-refractivity contribution in [3.05, 3.63) is 90.5 Å². The van der Waals surface area contributed by atoms with E-state index in [4.69, 9.17) is 19.9 Å². The number of ether oxygens (including phenoxy) is 3. The number of hydrogen-bond donors (Lipinski definition) is 2. The Morgan fingerprint density at radius 3 is 2.51 bits per heavy atom. The van der Waals surface area contributed by atoms with Crippen molar-refractivity contribution in [3.63, 3.8) is 0 Å². The molecule has 3 N–H and O–H groups in total. The molecule has 3 aromatic carbocycles. The van der Waals surface area contributed by atoms with Crippen LogP contribution in [0.1, 0.15) is 25.0 Å². The fourth-order valence-electron chi connectivity index (χ4n) is 4.92. The summed E-state index contributed by atoms with van der Waals surface area (Å²) in [5.74, 6) is -1.88. The molecule has 2 heterocycles. The molecule has 0 saturated carbocycles. The topological polar surface area (TPSA) is 182 Å². The normalized spacial score (nSPS) is 11.5. The molecule has 254 valence electrons. The Morgan fingerprint density at radius 1 is 0.980 bits per heavy atom. The minimum Gasteiger partial charge on any atom is -0.755 e. The van der Waals surface area contributed by atoms with Gasteiger partial charge in [0.2, 0.25) is 11.8 Å². The van der Waals surface area contributed by atoms with E-state index < -0.39 is 34.7 Å².